The molecule has 0 aliphatic heterocycles. The molecule has 42 heavy (non-hydrogen) atoms. The third-order valence-electron chi connectivity index (χ3n) is 7.62. The number of nitrogens with two attached hydrogens (primary N) is 1. The highest BCUT2D eigenvalue weighted by Crippen LogP contribution is 2.31. The summed E-state index contributed by atoms with van der Waals surface area (Å²) < 4.78 is 6.88. The van der Waals surface area contributed by atoms with Crippen LogP contribution in [0.25, 0.3) is 27.7 Å². The molecule has 9 nitrogen and oxygen atoms in total. The number of fused-ring (bicyclic) bond motifs is 1. The zero-order valence-corrected chi connectivity index (χ0v) is 23.3. The summed E-state index contributed by atoms with van der Waals surface area (Å²) in [5.74, 6) is 0.365. The molecule has 1 saturated carbocycles. The summed E-state index contributed by atoms with van der Waals surface area (Å²) in [5.41, 5.74) is 9.58. The lowest BCUT2D eigenvalue weighted by Gasteiger charge is -2.31. The average molecular weight is 562 g/mol. The smallest absolute Gasteiger partial charge is 0.282 e. The summed E-state index contributed by atoms with van der Waals surface area (Å²) in [6.07, 6.45) is 4.90. The van der Waals surface area contributed by atoms with Crippen LogP contribution in [0.1, 0.15) is 35.2 Å². The topological polar surface area (TPSA) is 113 Å². The van der Waals surface area contributed by atoms with Crippen molar-refractivity contribution in [2.75, 3.05) is 19.4 Å². The highest BCUT2D eigenvalue weighted by molar-refractivity contribution is 5.97. The van der Waals surface area contributed by atoms with E-state index < -0.39 is 0 Å². The number of benzene rings is 3. The number of hydrogen-bond donors (Lipinski definition) is 1. The lowest BCUT2D eigenvalue weighted by Crippen LogP contribution is -2.37. The number of pyridine rings is 1. The predicted octanol–water partition coefficient (Wildman–Crippen LogP) is 5.41. The number of carbonyl (C=O) groups excluding carboxylic acids is 1. The minimum absolute atomic E-state index is 0.104. The molecule has 212 valence electrons. The number of methoxy groups -OCH3 is 1. The molecule has 5 aromatic rings. The van der Waals surface area contributed by atoms with Crippen LogP contribution in [0.4, 0.5) is 5.95 Å². The van der Waals surface area contributed by atoms with E-state index in [2.05, 4.69) is 9.97 Å². The fourth-order valence-electron chi connectivity index (χ4n) is 5.10. The molecule has 9 heteroatoms. The maximum atomic E-state index is 13.9. The third-order valence-corrected chi connectivity index (χ3v) is 7.62. The zero-order valence-electron chi connectivity index (χ0n) is 23.3. The molecule has 1 amide bonds. The van der Waals surface area contributed by atoms with E-state index in [4.69, 9.17) is 15.3 Å². The Labute approximate surface area is 243 Å². The number of amides is 1. The summed E-state index contributed by atoms with van der Waals surface area (Å²) in [6.45, 7) is 0.754. The summed E-state index contributed by atoms with van der Waals surface area (Å²) in [7, 11) is 1.48. The molecule has 1 fully saturated rings. The summed E-state index contributed by atoms with van der Waals surface area (Å²) in [6, 6.07) is 25.9. The summed E-state index contributed by atoms with van der Waals surface area (Å²) in [4.78, 5) is 42.4. The van der Waals surface area contributed by atoms with Gasteiger partial charge in [0, 0.05) is 11.8 Å². The van der Waals surface area contributed by atoms with Crippen molar-refractivity contribution in [2.24, 2.45) is 5.92 Å². The largest absolute Gasteiger partial charge is 0.480 e. The number of nitrogen functional groups attached to an aromatic ring is 1. The van der Waals surface area contributed by atoms with Crippen LogP contribution in [0.5, 0.6) is 5.88 Å². The third kappa shape index (κ3) is 5.46. The molecule has 6 rings (SSSR count). The van der Waals surface area contributed by atoms with Gasteiger partial charge in [0.15, 0.2) is 0 Å². The molecule has 3 aromatic carbocycles. The van der Waals surface area contributed by atoms with Crippen molar-refractivity contribution in [1.29, 1.82) is 0 Å². The molecule has 0 atom stereocenters. The van der Waals surface area contributed by atoms with Crippen molar-refractivity contribution >= 4 is 22.8 Å². The number of nitrogens with zero attached hydrogens (tertiary/aromatic N) is 4. The minimum Gasteiger partial charge on any atom is -0.480 e. The van der Waals surface area contributed by atoms with Gasteiger partial charge in [-0.25, -0.2) is 19.6 Å². The molecule has 1 aliphatic rings. The van der Waals surface area contributed by atoms with Gasteiger partial charge in [-0.15, -0.1) is 0 Å². The Morgan fingerprint density at radius 1 is 1.00 bits per heavy atom. The van der Waals surface area contributed by atoms with Crippen molar-refractivity contribution in [1.82, 2.24) is 19.6 Å². The Morgan fingerprint density at radius 2 is 1.74 bits per heavy atom. The Balaban J connectivity index is 1.36. The number of hydrogen-bond acceptors (Lipinski definition) is 7. The number of para-hydroxylation sites is 1. The molecule has 2 aromatic heterocycles. The van der Waals surface area contributed by atoms with Crippen LogP contribution < -0.4 is 16.0 Å². The van der Waals surface area contributed by atoms with Crippen LogP contribution in [0.2, 0.25) is 0 Å². The second-order valence-electron chi connectivity index (χ2n) is 10.4. The van der Waals surface area contributed by atoms with E-state index in [1.165, 1.54) is 16.7 Å². The average Bonchev–Trinajstić information content (AvgIpc) is 3.00. The maximum absolute atomic E-state index is 13.9. The molecule has 2 N–H and O–H groups in total. The van der Waals surface area contributed by atoms with Gasteiger partial charge in [-0.05, 0) is 60.2 Å². The molecular formula is C33H31N5O4. The highest BCUT2D eigenvalue weighted by Gasteiger charge is 2.28. The normalized spacial score (nSPS) is 13.1. The van der Waals surface area contributed by atoms with Crippen LogP contribution in [0.3, 0.4) is 0 Å². The number of aromatic nitrogens is 3. The molecule has 1 aliphatic carbocycles. The molecule has 0 bridgehead atoms. The number of anilines is 1. The zero-order chi connectivity index (χ0) is 29.1. The van der Waals surface area contributed by atoms with Crippen LogP contribution in [-0.2, 0) is 11.4 Å². The molecular weight excluding hydrogens is 530 g/mol. The van der Waals surface area contributed by atoms with Gasteiger partial charge in [0.1, 0.15) is 12.2 Å². The van der Waals surface area contributed by atoms with Gasteiger partial charge in [0.05, 0.1) is 30.2 Å². The first-order valence-electron chi connectivity index (χ1n) is 13.9. The summed E-state index contributed by atoms with van der Waals surface area (Å²) in [5, 5.41) is 1.83. The van der Waals surface area contributed by atoms with Crippen LogP contribution in [0, 0.1) is 5.92 Å². The summed E-state index contributed by atoms with van der Waals surface area (Å²) >= 11 is 0. The standard InChI is InChI=1S/C33H31N5O4/c1-41-30-28(31(39)37(20-22-11-8-12-22)42-21-23-9-4-2-5-10-23)18-25(19-35-30)24-15-16-29-27(17-24)32(40)38(33(34)36-29)26-13-6-3-7-14-26/h2-7,9-10,13-19,22H,8,11-12,20-21H2,1H3,(H2,34,36). The van der Waals surface area contributed by atoms with Crippen molar-refractivity contribution in [3.63, 3.8) is 0 Å². The number of carbonyl (C=O) groups is 1. The van der Waals surface area contributed by atoms with E-state index in [-0.39, 0.29) is 35.5 Å². The Kier molecular flexibility index (Phi) is 7.66. The first kappa shape index (κ1) is 27.2. The van der Waals surface area contributed by atoms with E-state index in [1.54, 1.807) is 36.5 Å². The molecule has 2 heterocycles. The van der Waals surface area contributed by atoms with Gasteiger partial charge in [-0.3, -0.25) is 14.4 Å². The van der Waals surface area contributed by atoms with Gasteiger partial charge in [0.2, 0.25) is 11.8 Å². The van der Waals surface area contributed by atoms with Gasteiger partial charge in [-0.1, -0.05) is 61.0 Å². The molecule has 0 saturated heterocycles. The highest BCUT2D eigenvalue weighted by atomic mass is 16.7. The van der Waals surface area contributed by atoms with Crippen molar-refractivity contribution in [3.8, 4) is 22.7 Å². The maximum Gasteiger partial charge on any atom is 0.282 e. The van der Waals surface area contributed by atoms with Crippen LogP contribution >= 0.6 is 0 Å². The van der Waals surface area contributed by atoms with Crippen molar-refractivity contribution in [2.45, 2.75) is 25.9 Å². The Hall–Kier alpha value is -5.02. The molecule has 0 radical (unpaired) electrons. The van der Waals surface area contributed by atoms with Crippen LogP contribution in [0.15, 0.2) is 95.9 Å². The fourth-order valence-corrected chi connectivity index (χ4v) is 5.10. The lowest BCUT2D eigenvalue weighted by molar-refractivity contribution is -0.144. The van der Waals surface area contributed by atoms with E-state index >= 15 is 0 Å². The first-order valence-corrected chi connectivity index (χ1v) is 13.9. The van der Waals surface area contributed by atoms with E-state index in [9.17, 15) is 9.59 Å². The predicted molar refractivity (Wildman–Crippen MR) is 161 cm³/mol. The first-order chi connectivity index (χ1) is 20.5. The van der Waals surface area contributed by atoms with E-state index in [0.29, 0.717) is 40.2 Å². The van der Waals surface area contributed by atoms with Crippen molar-refractivity contribution < 1.29 is 14.4 Å². The minimum atomic E-state index is -0.328. The van der Waals surface area contributed by atoms with Crippen LogP contribution in [-0.4, -0.2) is 39.2 Å². The SMILES string of the molecule is COc1ncc(-c2ccc3nc(N)n(-c4ccccc4)c(=O)c3c2)cc1C(=O)N(CC1CCC1)OCc1ccccc1. The van der Waals surface area contributed by atoms with Crippen molar-refractivity contribution in [3.05, 3.63) is 113 Å². The Morgan fingerprint density at radius 3 is 2.43 bits per heavy atom. The molecule has 0 unspecified atom stereocenters. The fraction of sp³-hybridized carbons (Fsp3) is 0.212. The number of ether oxygens (including phenoxy) is 1. The quantitative estimate of drug-likeness (QED) is 0.239. The second-order valence-corrected chi connectivity index (χ2v) is 10.4. The second kappa shape index (κ2) is 11.8. The van der Waals surface area contributed by atoms with Gasteiger partial charge < -0.3 is 10.5 Å². The van der Waals surface area contributed by atoms with E-state index in [0.717, 1.165) is 24.8 Å². The van der Waals surface area contributed by atoms with E-state index in [1.807, 2.05) is 54.6 Å². The number of rotatable bonds is 9. The van der Waals surface area contributed by atoms with Gasteiger partial charge >= 0.3 is 0 Å². The monoisotopic (exact) mass is 561 g/mol. The molecule has 0 spiro atoms. The lowest BCUT2D eigenvalue weighted by atomic mass is 9.85. The Bertz CT molecular complexity index is 1790. The number of hydroxylamine groups is 2. The van der Waals surface area contributed by atoms with Gasteiger partial charge in [-0.2, -0.15) is 0 Å². The van der Waals surface area contributed by atoms with Gasteiger partial charge in [0.25, 0.3) is 11.5 Å².